The highest BCUT2D eigenvalue weighted by molar-refractivity contribution is 7.99. The second kappa shape index (κ2) is 13.9. The molecule has 1 unspecified atom stereocenters. The van der Waals surface area contributed by atoms with Gasteiger partial charge in [-0.15, -0.1) is 0 Å². The van der Waals surface area contributed by atoms with Gasteiger partial charge >= 0.3 is 0 Å². The second-order valence-corrected chi connectivity index (χ2v) is 8.20. The van der Waals surface area contributed by atoms with Crippen molar-refractivity contribution in [2.75, 3.05) is 5.75 Å². The molecule has 0 spiro atoms. The molecule has 1 atom stereocenters. The van der Waals surface area contributed by atoms with Gasteiger partial charge in [-0.3, -0.25) is 0 Å². The minimum Gasteiger partial charge on any atom is -0.392 e. The topological polar surface area (TPSA) is 20.2 Å². The van der Waals surface area contributed by atoms with Crippen molar-refractivity contribution >= 4 is 11.8 Å². The Morgan fingerprint density at radius 1 is 0.857 bits per heavy atom. The normalized spacial score (nSPS) is 17.4. The Kier molecular flexibility index (Phi) is 12.8. The maximum atomic E-state index is 10.0. The number of hydrogen-bond donors (Lipinski definition) is 1. The van der Waals surface area contributed by atoms with Crippen molar-refractivity contribution in [2.24, 2.45) is 0 Å². The van der Waals surface area contributed by atoms with Crippen molar-refractivity contribution in [3.8, 4) is 0 Å². The fourth-order valence-electron chi connectivity index (χ4n) is 3.25. The molecule has 0 bridgehead atoms. The van der Waals surface area contributed by atoms with E-state index in [2.05, 4.69) is 6.92 Å². The van der Waals surface area contributed by atoms with Crippen LogP contribution in [-0.2, 0) is 0 Å². The minimum absolute atomic E-state index is 0.0513. The van der Waals surface area contributed by atoms with E-state index < -0.39 is 0 Å². The molecule has 1 saturated carbocycles. The molecule has 0 saturated heterocycles. The van der Waals surface area contributed by atoms with Gasteiger partial charge in [0.15, 0.2) is 0 Å². The van der Waals surface area contributed by atoms with Crippen molar-refractivity contribution in [1.29, 1.82) is 0 Å². The lowest BCUT2D eigenvalue weighted by Crippen LogP contribution is -2.12. The molecule has 126 valence electrons. The van der Waals surface area contributed by atoms with Crippen molar-refractivity contribution in [1.82, 2.24) is 0 Å². The molecule has 0 radical (unpaired) electrons. The van der Waals surface area contributed by atoms with E-state index in [-0.39, 0.29) is 6.10 Å². The van der Waals surface area contributed by atoms with E-state index in [0.29, 0.717) is 0 Å². The molecule has 0 aromatic carbocycles. The number of thioether (sulfide) groups is 1. The lowest BCUT2D eigenvalue weighted by atomic mass is 10.1. The third-order valence-corrected chi connectivity index (χ3v) is 6.24. The third kappa shape index (κ3) is 11.5. The Balaban J connectivity index is 1.76. The van der Waals surface area contributed by atoms with Gasteiger partial charge in [0.2, 0.25) is 0 Å². The van der Waals surface area contributed by atoms with E-state index in [0.717, 1.165) is 17.4 Å². The molecule has 1 nitrogen and oxygen atoms in total. The molecule has 0 aliphatic heterocycles. The molecule has 2 heteroatoms. The van der Waals surface area contributed by atoms with E-state index in [4.69, 9.17) is 0 Å². The summed E-state index contributed by atoms with van der Waals surface area (Å²) in [6.45, 7) is 2.28. The van der Waals surface area contributed by atoms with Gasteiger partial charge in [-0.2, -0.15) is 11.8 Å². The first-order chi connectivity index (χ1) is 10.3. The monoisotopic (exact) mass is 314 g/mol. The molecular formula is C19H38OS. The molecule has 0 amide bonds. The quantitative estimate of drug-likeness (QED) is 0.378. The Morgan fingerprint density at radius 2 is 1.38 bits per heavy atom. The first kappa shape index (κ1) is 19.4. The van der Waals surface area contributed by atoms with Crippen LogP contribution < -0.4 is 0 Å². The highest BCUT2D eigenvalue weighted by Crippen LogP contribution is 2.30. The predicted molar refractivity (Wildman–Crippen MR) is 97.2 cm³/mol. The van der Waals surface area contributed by atoms with Gasteiger partial charge < -0.3 is 5.11 Å². The zero-order valence-electron chi connectivity index (χ0n) is 14.3. The van der Waals surface area contributed by atoms with Gasteiger partial charge in [-0.1, -0.05) is 84.0 Å². The van der Waals surface area contributed by atoms with Crippen LogP contribution in [0.15, 0.2) is 0 Å². The van der Waals surface area contributed by atoms with E-state index in [9.17, 15) is 5.11 Å². The van der Waals surface area contributed by atoms with Crippen molar-refractivity contribution in [3.63, 3.8) is 0 Å². The SMILES string of the molecule is CCCCCCCCCCCCC(O)CSC1CCCC1. The molecule has 1 aliphatic carbocycles. The highest BCUT2D eigenvalue weighted by Gasteiger charge is 2.16. The van der Waals surface area contributed by atoms with Crippen molar-refractivity contribution < 1.29 is 5.11 Å². The summed E-state index contributed by atoms with van der Waals surface area (Å²) in [5, 5.41) is 10.9. The van der Waals surface area contributed by atoms with Gasteiger partial charge in [0, 0.05) is 11.0 Å². The van der Waals surface area contributed by atoms with E-state index in [1.54, 1.807) is 0 Å². The Hall–Kier alpha value is 0.310. The molecule has 21 heavy (non-hydrogen) atoms. The van der Waals surface area contributed by atoms with Crippen molar-refractivity contribution in [3.05, 3.63) is 0 Å². The number of rotatable bonds is 14. The molecule has 1 N–H and O–H groups in total. The Bertz CT molecular complexity index is 214. The lowest BCUT2D eigenvalue weighted by molar-refractivity contribution is 0.184. The maximum Gasteiger partial charge on any atom is 0.0630 e. The average molecular weight is 315 g/mol. The first-order valence-electron chi connectivity index (χ1n) is 9.62. The Morgan fingerprint density at radius 3 is 1.95 bits per heavy atom. The standard InChI is InChI=1S/C19H38OS/c1-2-3-4-5-6-7-8-9-10-11-14-18(20)17-21-19-15-12-13-16-19/h18-20H,2-17H2,1H3. The van der Waals surface area contributed by atoms with Gasteiger partial charge in [0.05, 0.1) is 6.10 Å². The predicted octanol–water partition coefficient (Wildman–Crippen LogP) is 6.33. The summed E-state index contributed by atoms with van der Waals surface area (Å²) in [4.78, 5) is 0. The van der Waals surface area contributed by atoms with Crippen LogP contribution in [0.25, 0.3) is 0 Å². The fourth-order valence-corrected chi connectivity index (χ4v) is 4.58. The molecule has 1 aliphatic rings. The zero-order valence-corrected chi connectivity index (χ0v) is 15.1. The van der Waals surface area contributed by atoms with Crippen LogP contribution >= 0.6 is 11.8 Å². The summed E-state index contributed by atoms with van der Waals surface area (Å²) < 4.78 is 0. The fraction of sp³-hybridized carbons (Fsp3) is 1.00. The summed E-state index contributed by atoms with van der Waals surface area (Å²) in [7, 11) is 0. The molecular weight excluding hydrogens is 276 g/mol. The average Bonchev–Trinajstić information content (AvgIpc) is 3.00. The van der Waals surface area contributed by atoms with Crippen LogP contribution in [0.1, 0.15) is 103 Å². The van der Waals surface area contributed by atoms with Gasteiger partial charge in [0.1, 0.15) is 0 Å². The molecule has 1 fully saturated rings. The smallest absolute Gasteiger partial charge is 0.0630 e. The van der Waals surface area contributed by atoms with Crippen LogP contribution in [0.4, 0.5) is 0 Å². The number of unbranched alkanes of at least 4 members (excludes halogenated alkanes) is 9. The van der Waals surface area contributed by atoms with Crippen LogP contribution in [0.5, 0.6) is 0 Å². The van der Waals surface area contributed by atoms with E-state index >= 15 is 0 Å². The minimum atomic E-state index is -0.0513. The molecule has 0 aromatic rings. The maximum absolute atomic E-state index is 10.0. The zero-order chi connectivity index (χ0) is 15.2. The van der Waals surface area contributed by atoms with Crippen LogP contribution in [0.2, 0.25) is 0 Å². The van der Waals surface area contributed by atoms with Gasteiger partial charge in [0.25, 0.3) is 0 Å². The first-order valence-corrected chi connectivity index (χ1v) is 10.7. The summed E-state index contributed by atoms with van der Waals surface area (Å²) in [5.74, 6) is 0.974. The van der Waals surface area contributed by atoms with E-state index in [1.165, 1.54) is 89.9 Å². The number of aliphatic hydroxyl groups excluding tert-OH is 1. The van der Waals surface area contributed by atoms with E-state index in [1.807, 2.05) is 11.8 Å². The number of hydrogen-bond acceptors (Lipinski definition) is 2. The van der Waals surface area contributed by atoms with Crippen LogP contribution in [0, 0.1) is 0 Å². The molecule has 0 aromatic heterocycles. The van der Waals surface area contributed by atoms with Gasteiger partial charge in [-0.05, 0) is 19.3 Å². The number of aliphatic hydroxyl groups is 1. The highest BCUT2D eigenvalue weighted by atomic mass is 32.2. The second-order valence-electron chi connectivity index (χ2n) is 6.86. The van der Waals surface area contributed by atoms with Crippen LogP contribution in [-0.4, -0.2) is 22.2 Å². The van der Waals surface area contributed by atoms with Crippen LogP contribution in [0.3, 0.4) is 0 Å². The largest absolute Gasteiger partial charge is 0.392 e. The Labute approximate surface area is 137 Å². The third-order valence-electron chi connectivity index (χ3n) is 4.72. The summed E-state index contributed by atoms with van der Waals surface area (Å²) in [6.07, 6.45) is 20.4. The summed E-state index contributed by atoms with van der Waals surface area (Å²) in [6, 6.07) is 0. The molecule has 0 heterocycles. The molecule has 1 rings (SSSR count). The van der Waals surface area contributed by atoms with Gasteiger partial charge in [-0.25, -0.2) is 0 Å². The summed E-state index contributed by atoms with van der Waals surface area (Å²) in [5.41, 5.74) is 0. The summed E-state index contributed by atoms with van der Waals surface area (Å²) >= 11 is 2.02. The van der Waals surface area contributed by atoms with Crippen molar-refractivity contribution in [2.45, 2.75) is 115 Å². The lowest BCUT2D eigenvalue weighted by Gasteiger charge is -2.13.